The van der Waals surface area contributed by atoms with Gasteiger partial charge in [-0.15, -0.1) is 0 Å². The molecular formula is C35H29N3O4. The van der Waals surface area contributed by atoms with E-state index in [1.165, 1.54) is 0 Å². The first-order valence-electron chi connectivity index (χ1n) is 13.7. The molecule has 0 aliphatic heterocycles. The fraction of sp³-hybridized carbons (Fsp3) is 0.143. The van der Waals surface area contributed by atoms with Crippen LogP contribution in [0.4, 0.5) is 5.69 Å². The highest BCUT2D eigenvalue weighted by Gasteiger charge is 2.39. The number of carbonyl (C=O) groups excluding carboxylic acids is 2. The van der Waals surface area contributed by atoms with Crippen molar-refractivity contribution >= 4 is 23.5 Å². The molecule has 0 atom stereocenters. The van der Waals surface area contributed by atoms with Gasteiger partial charge >= 0.3 is 0 Å². The Morgan fingerprint density at radius 3 is 2.21 bits per heavy atom. The minimum Gasteiger partial charge on any atom is -0.508 e. The minimum atomic E-state index is -0.541. The van der Waals surface area contributed by atoms with Crippen molar-refractivity contribution in [3.63, 3.8) is 0 Å². The molecule has 0 saturated carbocycles. The zero-order chi connectivity index (χ0) is 29.3. The van der Waals surface area contributed by atoms with E-state index in [-0.39, 0.29) is 11.5 Å². The number of pyridine rings is 2. The number of ketones is 1. The molecular weight excluding hydrogens is 526 g/mol. The van der Waals surface area contributed by atoms with E-state index < -0.39 is 5.41 Å². The van der Waals surface area contributed by atoms with Crippen molar-refractivity contribution < 1.29 is 19.4 Å². The van der Waals surface area contributed by atoms with Crippen LogP contribution in [0.2, 0.25) is 0 Å². The lowest BCUT2D eigenvalue weighted by Gasteiger charge is -2.39. The van der Waals surface area contributed by atoms with Gasteiger partial charge in [0.1, 0.15) is 11.5 Å². The molecule has 2 heterocycles. The fourth-order valence-electron chi connectivity index (χ4n) is 5.78. The third-order valence-corrected chi connectivity index (χ3v) is 7.81. The van der Waals surface area contributed by atoms with Crippen molar-refractivity contribution in [3.8, 4) is 11.5 Å². The Labute approximate surface area is 244 Å². The topological polar surface area (TPSA) is 92.6 Å². The summed E-state index contributed by atoms with van der Waals surface area (Å²) >= 11 is 0. The Bertz CT molecular complexity index is 1730. The molecule has 0 unspecified atom stereocenters. The summed E-state index contributed by atoms with van der Waals surface area (Å²) in [6.07, 6.45) is 8.56. The van der Waals surface area contributed by atoms with Gasteiger partial charge in [-0.25, -0.2) is 0 Å². The van der Waals surface area contributed by atoms with Gasteiger partial charge in [0.2, 0.25) is 0 Å². The number of nitrogens with zero attached hydrogens (tertiary/aromatic N) is 3. The number of phenolic OH excluding ortho intramolecular Hbond substituents is 1. The summed E-state index contributed by atoms with van der Waals surface area (Å²) in [4.78, 5) is 35.5. The molecule has 4 aromatic rings. The Morgan fingerprint density at radius 2 is 1.57 bits per heavy atom. The van der Waals surface area contributed by atoms with E-state index in [9.17, 15) is 14.7 Å². The monoisotopic (exact) mass is 555 g/mol. The summed E-state index contributed by atoms with van der Waals surface area (Å²) < 4.78 is 5.64. The van der Waals surface area contributed by atoms with Crippen LogP contribution in [0.15, 0.2) is 115 Å². The molecule has 1 N–H and O–H groups in total. The molecule has 2 aliphatic rings. The van der Waals surface area contributed by atoms with Gasteiger partial charge in [-0.05, 0) is 83.0 Å². The molecule has 0 spiro atoms. The maximum absolute atomic E-state index is 12.5. The minimum absolute atomic E-state index is 0.0934. The molecule has 2 aromatic carbocycles. The van der Waals surface area contributed by atoms with E-state index >= 15 is 0 Å². The summed E-state index contributed by atoms with van der Waals surface area (Å²) in [5.74, 6) is 0.423. The van der Waals surface area contributed by atoms with Gasteiger partial charge in [-0.1, -0.05) is 38.1 Å². The van der Waals surface area contributed by atoms with Crippen molar-refractivity contribution in [1.29, 1.82) is 0 Å². The molecule has 0 amide bonds. The maximum atomic E-state index is 12.5. The number of hydrogen-bond donors (Lipinski definition) is 1. The smallest absolute Gasteiger partial charge is 0.298 e. The van der Waals surface area contributed by atoms with E-state index in [0.29, 0.717) is 30.9 Å². The Hall–Kier alpha value is -5.30. The molecule has 7 heteroatoms. The molecule has 2 aliphatic carbocycles. The number of hydrogen-bond acceptors (Lipinski definition) is 7. The first-order chi connectivity index (χ1) is 20.3. The molecule has 0 radical (unpaired) electrons. The van der Waals surface area contributed by atoms with E-state index in [1.807, 2.05) is 80.6 Å². The lowest BCUT2D eigenvalue weighted by atomic mass is 9.64. The number of benzene rings is 2. The third-order valence-electron chi connectivity index (χ3n) is 7.81. The Morgan fingerprint density at radius 1 is 0.881 bits per heavy atom. The van der Waals surface area contributed by atoms with E-state index in [0.717, 1.165) is 44.9 Å². The normalized spacial score (nSPS) is 15.0. The van der Waals surface area contributed by atoms with Gasteiger partial charge in [0.05, 0.1) is 24.5 Å². The van der Waals surface area contributed by atoms with E-state index in [4.69, 9.17) is 4.74 Å². The molecule has 0 fully saturated rings. The highest BCUT2D eigenvalue weighted by molar-refractivity contribution is 6.06. The largest absolute Gasteiger partial charge is 0.508 e. The molecule has 208 valence electrons. The summed E-state index contributed by atoms with van der Waals surface area (Å²) in [7, 11) is 0. The van der Waals surface area contributed by atoms with E-state index in [1.54, 1.807) is 36.7 Å². The van der Waals surface area contributed by atoms with Gasteiger partial charge in [0, 0.05) is 40.7 Å². The summed E-state index contributed by atoms with van der Waals surface area (Å²) in [6, 6.07) is 22.7. The summed E-state index contributed by atoms with van der Waals surface area (Å²) in [6.45, 7) is 5.54. The van der Waals surface area contributed by atoms with Crippen molar-refractivity contribution in [2.75, 3.05) is 4.90 Å². The second-order valence-corrected chi connectivity index (χ2v) is 10.8. The number of anilines is 1. The number of ether oxygens (including phenoxy) is 1. The molecule has 6 rings (SSSR count). The van der Waals surface area contributed by atoms with Crippen LogP contribution in [0.1, 0.15) is 41.9 Å². The quantitative estimate of drug-likeness (QED) is 0.263. The van der Waals surface area contributed by atoms with Gasteiger partial charge in [0.25, 0.3) is 6.47 Å². The number of aromatic nitrogens is 2. The number of carbonyl (C=O) groups is 2. The average molecular weight is 556 g/mol. The van der Waals surface area contributed by atoms with Crippen molar-refractivity contribution in [2.24, 2.45) is 0 Å². The van der Waals surface area contributed by atoms with Crippen LogP contribution in [-0.2, 0) is 28.1 Å². The fourth-order valence-corrected chi connectivity index (χ4v) is 5.78. The lowest BCUT2D eigenvalue weighted by Crippen LogP contribution is -2.29. The first-order valence-corrected chi connectivity index (χ1v) is 13.7. The molecule has 2 aromatic heterocycles. The molecule has 0 bridgehead atoms. The van der Waals surface area contributed by atoms with Gasteiger partial charge < -0.3 is 14.7 Å². The Kier molecular flexibility index (Phi) is 7.00. The number of fused-ring (bicyclic) bond motifs is 2. The second kappa shape index (κ2) is 10.9. The summed E-state index contributed by atoms with van der Waals surface area (Å²) in [5, 5.41) is 10.4. The summed E-state index contributed by atoms with van der Waals surface area (Å²) in [5.41, 5.74) is 7.07. The standard InChI is InChI=1S/C35H29N3O4/c1-35(2)31-18-26(40)10-13-28(31)34(29-14-11-27(41)19-32(29)35)30-12-9-25(17-33(30)42-22-39)38(20-23-7-3-5-15-36-23)21-24-8-4-6-16-37-24/h3-19,22,40H,20-21H2,1-2H3. The van der Waals surface area contributed by atoms with Crippen LogP contribution in [0.3, 0.4) is 0 Å². The average Bonchev–Trinajstić information content (AvgIpc) is 2.99. The van der Waals surface area contributed by atoms with Gasteiger partial charge in [-0.3, -0.25) is 19.6 Å². The second-order valence-electron chi connectivity index (χ2n) is 10.8. The zero-order valence-corrected chi connectivity index (χ0v) is 23.3. The van der Waals surface area contributed by atoms with Crippen molar-refractivity contribution in [3.05, 3.63) is 143 Å². The van der Waals surface area contributed by atoms with E-state index in [2.05, 4.69) is 14.9 Å². The van der Waals surface area contributed by atoms with Crippen LogP contribution < -0.4 is 9.64 Å². The first kappa shape index (κ1) is 26.9. The SMILES string of the molecule is CC1(C)C2=CC(=O)C=CC2=C(c2ccc(N(Cc3ccccn3)Cc3ccccn3)cc2OC=O)c2ccc(O)cc21. The van der Waals surface area contributed by atoms with Crippen LogP contribution in [0.25, 0.3) is 5.57 Å². The number of allylic oxidation sites excluding steroid dienone is 5. The van der Waals surface area contributed by atoms with Crippen molar-refractivity contribution in [1.82, 2.24) is 9.97 Å². The number of rotatable bonds is 8. The number of aromatic hydroxyl groups is 1. The third kappa shape index (κ3) is 5.01. The Balaban J connectivity index is 1.51. The van der Waals surface area contributed by atoms with Crippen molar-refractivity contribution in [2.45, 2.75) is 32.4 Å². The predicted molar refractivity (Wildman–Crippen MR) is 161 cm³/mol. The highest BCUT2D eigenvalue weighted by Crippen LogP contribution is 2.52. The van der Waals surface area contributed by atoms with Crippen LogP contribution in [0, 0.1) is 0 Å². The highest BCUT2D eigenvalue weighted by atomic mass is 16.5. The lowest BCUT2D eigenvalue weighted by molar-refractivity contribution is -0.120. The predicted octanol–water partition coefficient (Wildman–Crippen LogP) is 6.08. The van der Waals surface area contributed by atoms with Crippen LogP contribution in [-0.4, -0.2) is 27.3 Å². The zero-order valence-electron chi connectivity index (χ0n) is 23.3. The van der Waals surface area contributed by atoms with Crippen LogP contribution >= 0.6 is 0 Å². The van der Waals surface area contributed by atoms with Gasteiger partial charge in [0.15, 0.2) is 5.78 Å². The maximum Gasteiger partial charge on any atom is 0.298 e. The van der Waals surface area contributed by atoms with Crippen LogP contribution in [0.5, 0.6) is 11.5 Å². The molecule has 7 nitrogen and oxygen atoms in total. The van der Waals surface area contributed by atoms with Gasteiger partial charge in [-0.2, -0.15) is 0 Å². The number of phenols is 1. The molecule has 0 saturated heterocycles. The molecule has 42 heavy (non-hydrogen) atoms.